The van der Waals surface area contributed by atoms with Crippen molar-refractivity contribution < 1.29 is 9.50 Å². The molecule has 1 heterocycles. The maximum Gasteiger partial charge on any atom is 0.138 e. The summed E-state index contributed by atoms with van der Waals surface area (Å²) in [6.45, 7) is 1.04. The van der Waals surface area contributed by atoms with Crippen molar-refractivity contribution >= 4 is 12.4 Å². The second-order valence-electron chi connectivity index (χ2n) is 2.08. The Bertz CT molecular complexity index is 73.4. The molecule has 56 valence electrons. The van der Waals surface area contributed by atoms with Crippen molar-refractivity contribution in [3.05, 3.63) is 0 Å². The summed E-state index contributed by atoms with van der Waals surface area (Å²) in [6.07, 6.45) is -1.23. The van der Waals surface area contributed by atoms with Crippen LogP contribution in [0.5, 0.6) is 0 Å². The van der Waals surface area contributed by atoms with Crippen molar-refractivity contribution in [3.63, 3.8) is 0 Å². The first-order chi connectivity index (χ1) is 3.80. The third-order valence-electron chi connectivity index (χ3n) is 1.37. The summed E-state index contributed by atoms with van der Waals surface area (Å²) >= 11 is 0. The van der Waals surface area contributed by atoms with Crippen LogP contribution in [0.2, 0.25) is 0 Å². The van der Waals surface area contributed by atoms with E-state index >= 15 is 0 Å². The molecular weight excluding hydrogens is 145 g/mol. The molecule has 2 N–H and O–H groups in total. The van der Waals surface area contributed by atoms with Crippen molar-refractivity contribution in [1.82, 2.24) is 5.32 Å². The van der Waals surface area contributed by atoms with Gasteiger partial charge >= 0.3 is 0 Å². The average Bonchev–Trinajstić information content (AvgIpc) is 1.77. The molecule has 2 unspecified atom stereocenters. The number of nitrogens with one attached hydrogen (secondary N) is 1. The molecule has 0 radical (unpaired) electrons. The Morgan fingerprint density at radius 2 is 2.22 bits per heavy atom. The lowest BCUT2D eigenvalue weighted by atomic mass is 10.1. The minimum absolute atomic E-state index is 0. The highest BCUT2D eigenvalue weighted by atomic mass is 35.5. The molecule has 0 amide bonds. The van der Waals surface area contributed by atoms with Gasteiger partial charge in [-0.05, 0) is 13.0 Å². The summed E-state index contributed by atoms with van der Waals surface area (Å²) in [7, 11) is 0. The van der Waals surface area contributed by atoms with Crippen LogP contribution in [0.25, 0.3) is 0 Å². The van der Waals surface area contributed by atoms with Crippen LogP contribution in [0.15, 0.2) is 0 Å². The smallest absolute Gasteiger partial charge is 0.138 e. The molecule has 1 rings (SSSR count). The molecule has 0 saturated carbocycles. The zero-order valence-corrected chi connectivity index (χ0v) is 5.83. The zero-order valence-electron chi connectivity index (χ0n) is 5.01. The summed E-state index contributed by atoms with van der Waals surface area (Å²) in [5.74, 6) is 0. The summed E-state index contributed by atoms with van der Waals surface area (Å²) in [5.41, 5.74) is 0. The fourth-order valence-electron chi connectivity index (χ4n) is 0.807. The molecule has 1 fully saturated rings. The molecule has 0 bridgehead atoms. The highest BCUT2D eigenvalue weighted by Crippen LogP contribution is 2.05. The van der Waals surface area contributed by atoms with Gasteiger partial charge in [0, 0.05) is 6.54 Å². The van der Waals surface area contributed by atoms with Gasteiger partial charge in [-0.25, -0.2) is 4.39 Å². The second-order valence-corrected chi connectivity index (χ2v) is 2.08. The Hall–Kier alpha value is 0.140. The molecule has 0 aromatic heterocycles. The number of alkyl halides is 1. The SMILES string of the molecule is Cl.OC1CCNCC1F. The molecular formula is C5H11ClFNO. The molecule has 9 heavy (non-hydrogen) atoms. The summed E-state index contributed by atoms with van der Waals surface area (Å²) in [5, 5.41) is 11.6. The largest absolute Gasteiger partial charge is 0.390 e. The molecule has 1 aliphatic rings. The van der Waals surface area contributed by atoms with Crippen LogP contribution in [0, 0.1) is 0 Å². The van der Waals surface area contributed by atoms with E-state index in [1.807, 2.05) is 0 Å². The van der Waals surface area contributed by atoms with E-state index in [-0.39, 0.29) is 12.4 Å². The quantitative estimate of drug-likeness (QED) is 0.520. The lowest BCUT2D eigenvalue weighted by Crippen LogP contribution is -2.41. The first-order valence-electron chi connectivity index (χ1n) is 2.83. The van der Waals surface area contributed by atoms with Gasteiger partial charge in [0.05, 0.1) is 6.10 Å². The van der Waals surface area contributed by atoms with E-state index in [1.165, 1.54) is 0 Å². The lowest BCUT2D eigenvalue weighted by Gasteiger charge is -2.21. The molecule has 0 aromatic carbocycles. The van der Waals surface area contributed by atoms with E-state index in [0.717, 1.165) is 6.54 Å². The number of halogens is 2. The highest BCUT2D eigenvalue weighted by Gasteiger charge is 2.20. The van der Waals surface area contributed by atoms with Crippen LogP contribution in [-0.2, 0) is 0 Å². The van der Waals surface area contributed by atoms with E-state index < -0.39 is 12.3 Å². The van der Waals surface area contributed by atoms with Crippen molar-refractivity contribution in [1.29, 1.82) is 0 Å². The number of piperidine rings is 1. The highest BCUT2D eigenvalue weighted by molar-refractivity contribution is 5.85. The Morgan fingerprint density at radius 3 is 2.56 bits per heavy atom. The van der Waals surface area contributed by atoms with Crippen LogP contribution in [0.1, 0.15) is 6.42 Å². The van der Waals surface area contributed by atoms with Crippen LogP contribution >= 0.6 is 12.4 Å². The van der Waals surface area contributed by atoms with Crippen molar-refractivity contribution in [2.75, 3.05) is 13.1 Å². The standard InChI is InChI=1S/C5H10FNO.ClH/c6-4-3-7-2-1-5(4)8;/h4-5,7-8H,1-3H2;1H. The number of aliphatic hydroxyl groups excluding tert-OH is 1. The summed E-state index contributed by atoms with van der Waals surface area (Å²) in [6, 6.07) is 0. The molecule has 2 nitrogen and oxygen atoms in total. The number of hydrogen-bond donors (Lipinski definition) is 2. The molecule has 4 heteroatoms. The first kappa shape index (κ1) is 9.14. The van der Waals surface area contributed by atoms with E-state index in [2.05, 4.69) is 5.32 Å². The van der Waals surface area contributed by atoms with Gasteiger partial charge in [-0.3, -0.25) is 0 Å². The van der Waals surface area contributed by atoms with Crippen molar-refractivity contribution in [3.8, 4) is 0 Å². The van der Waals surface area contributed by atoms with Gasteiger partial charge in [0.15, 0.2) is 0 Å². The lowest BCUT2D eigenvalue weighted by molar-refractivity contribution is 0.0532. The van der Waals surface area contributed by atoms with Crippen LogP contribution in [-0.4, -0.2) is 30.5 Å². The maximum atomic E-state index is 12.3. The minimum Gasteiger partial charge on any atom is -0.390 e. The van der Waals surface area contributed by atoms with Crippen molar-refractivity contribution in [2.24, 2.45) is 0 Å². The Labute approximate surface area is 59.9 Å². The molecule has 0 aliphatic carbocycles. The molecule has 0 aromatic rings. The fraction of sp³-hybridized carbons (Fsp3) is 1.00. The van der Waals surface area contributed by atoms with E-state index in [9.17, 15) is 4.39 Å². The predicted octanol–water partition coefficient (Wildman–Crippen LogP) is 0.101. The summed E-state index contributed by atoms with van der Waals surface area (Å²) < 4.78 is 12.3. The second kappa shape index (κ2) is 4.04. The average molecular weight is 156 g/mol. The van der Waals surface area contributed by atoms with Gasteiger partial charge in [0.2, 0.25) is 0 Å². The molecule has 1 aliphatic heterocycles. The Kier molecular flexibility index (Phi) is 4.10. The van der Waals surface area contributed by atoms with E-state index in [4.69, 9.17) is 5.11 Å². The number of aliphatic hydroxyl groups is 1. The van der Waals surface area contributed by atoms with Gasteiger partial charge < -0.3 is 10.4 Å². The number of hydrogen-bond acceptors (Lipinski definition) is 2. The van der Waals surface area contributed by atoms with Crippen LogP contribution in [0.4, 0.5) is 4.39 Å². The van der Waals surface area contributed by atoms with Gasteiger partial charge in [-0.2, -0.15) is 0 Å². The Balaban J connectivity index is 0.000000640. The molecule has 0 spiro atoms. The van der Waals surface area contributed by atoms with Crippen molar-refractivity contribution in [2.45, 2.75) is 18.7 Å². The zero-order chi connectivity index (χ0) is 5.98. The van der Waals surface area contributed by atoms with Gasteiger partial charge in [0.25, 0.3) is 0 Å². The van der Waals surface area contributed by atoms with Gasteiger partial charge in [0.1, 0.15) is 6.17 Å². The maximum absolute atomic E-state index is 12.3. The predicted molar refractivity (Wildman–Crippen MR) is 35.6 cm³/mol. The topological polar surface area (TPSA) is 32.3 Å². The van der Waals surface area contributed by atoms with Crippen LogP contribution < -0.4 is 5.32 Å². The molecule has 1 saturated heterocycles. The van der Waals surface area contributed by atoms with Crippen LogP contribution in [0.3, 0.4) is 0 Å². The third kappa shape index (κ3) is 2.47. The number of rotatable bonds is 0. The molecule has 2 atom stereocenters. The Morgan fingerprint density at radius 1 is 1.56 bits per heavy atom. The minimum atomic E-state index is -1.05. The summed E-state index contributed by atoms with van der Waals surface area (Å²) in [4.78, 5) is 0. The fourth-order valence-corrected chi connectivity index (χ4v) is 0.807. The first-order valence-corrected chi connectivity index (χ1v) is 2.83. The monoisotopic (exact) mass is 155 g/mol. The normalized spacial score (nSPS) is 35.3. The van der Waals surface area contributed by atoms with Gasteiger partial charge in [-0.15, -0.1) is 12.4 Å². The third-order valence-corrected chi connectivity index (χ3v) is 1.37. The van der Waals surface area contributed by atoms with Gasteiger partial charge in [-0.1, -0.05) is 0 Å². The van der Waals surface area contributed by atoms with E-state index in [0.29, 0.717) is 13.0 Å². The van der Waals surface area contributed by atoms with E-state index in [1.54, 1.807) is 0 Å².